The van der Waals surface area contributed by atoms with E-state index in [0.717, 1.165) is 11.1 Å². The lowest BCUT2D eigenvalue weighted by Crippen LogP contribution is -2.13. The Bertz CT molecular complexity index is 999. The first kappa shape index (κ1) is 13.0. The van der Waals surface area contributed by atoms with Gasteiger partial charge in [0.1, 0.15) is 5.82 Å². The van der Waals surface area contributed by atoms with Crippen molar-refractivity contribution in [1.82, 2.24) is 25.0 Å². The monoisotopic (exact) mass is 311 g/mol. The summed E-state index contributed by atoms with van der Waals surface area (Å²) in [6.07, 6.45) is 5.65. The molecule has 0 atom stereocenters. The number of aromatic nitrogens is 5. The Morgan fingerprint density at radius 1 is 1.27 bits per heavy atom. The van der Waals surface area contributed by atoms with E-state index in [2.05, 4.69) is 20.3 Å². The summed E-state index contributed by atoms with van der Waals surface area (Å²) in [5.41, 5.74) is 2.14. The van der Waals surface area contributed by atoms with Gasteiger partial charge in [-0.25, -0.2) is 9.67 Å². The first-order chi connectivity index (χ1) is 10.7. The third kappa shape index (κ3) is 2.05. The van der Waals surface area contributed by atoms with Crippen molar-refractivity contribution in [3.8, 4) is 0 Å². The van der Waals surface area contributed by atoms with Gasteiger partial charge in [0, 0.05) is 10.6 Å². The molecule has 1 aliphatic carbocycles. The summed E-state index contributed by atoms with van der Waals surface area (Å²) < 4.78 is 1.58. The number of hydrogen-bond acceptors (Lipinski definition) is 4. The molecule has 0 bridgehead atoms. The average Bonchev–Trinajstić information content (AvgIpc) is 2.83. The fraction of sp³-hybridized carbons (Fsp3) is 0.0667. The molecule has 1 N–H and O–H groups in total. The Morgan fingerprint density at radius 2 is 2.09 bits per heavy atom. The average molecular weight is 312 g/mol. The van der Waals surface area contributed by atoms with Crippen LogP contribution in [0.4, 0.5) is 0 Å². The first-order valence-electron chi connectivity index (χ1n) is 6.68. The van der Waals surface area contributed by atoms with Crippen LogP contribution < -0.4 is 5.56 Å². The normalized spacial score (nSPS) is 13.2. The van der Waals surface area contributed by atoms with Crippen LogP contribution in [0.15, 0.2) is 47.3 Å². The lowest BCUT2D eigenvalue weighted by molar-refractivity contribution is 0.664. The molecule has 1 aromatic carbocycles. The highest BCUT2D eigenvalue weighted by Crippen LogP contribution is 2.20. The summed E-state index contributed by atoms with van der Waals surface area (Å²) in [7, 11) is 0. The number of nitrogens with zero attached hydrogens (tertiary/aromatic N) is 4. The molecule has 1 aliphatic rings. The Labute approximate surface area is 129 Å². The van der Waals surface area contributed by atoms with E-state index in [0.29, 0.717) is 23.0 Å². The van der Waals surface area contributed by atoms with Gasteiger partial charge in [-0.2, -0.15) is 0 Å². The summed E-state index contributed by atoms with van der Waals surface area (Å²) in [4.78, 5) is 19.3. The van der Waals surface area contributed by atoms with Crippen LogP contribution >= 0.6 is 11.6 Å². The van der Waals surface area contributed by atoms with Crippen molar-refractivity contribution in [2.24, 2.45) is 0 Å². The van der Waals surface area contributed by atoms with Gasteiger partial charge in [0.15, 0.2) is 11.2 Å². The molecule has 22 heavy (non-hydrogen) atoms. The van der Waals surface area contributed by atoms with Crippen LogP contribution in [-0.2, 0) is 6.54 Å². The summed E-state index contributed by atoms with van der Waals surface area (Å²) >= 11 is 6.17. The summed E-state index contributed by atoms with van der Waals surface area (Å²) in [5.74, 6) is 0.516. The van der Waals surface area contributed by atoms with E-state index in [1.54, 1.807) is 4.68 Å². The van der Waals surface area contributed by atoms with Gasteiger partial charge in [-0.1, -0.05) is 53.2 Å². The Balaban J connectivity index is 1.83. The zero-order valence-corrected chi connectivity index (χ0v) is 12.1. The number of rotatable bonds is 3. The maximum atomic E-state index is 12.1. The molecule has 7 heteroatoms. The second-order valence-electron chi connectivity index (χ2n) is 4.91. The first-order valence-corrected chi connectivity index (χ1v) is 7.06. The smallest absolute Gasteiger partial charge is 0.281 e. The molecule has 2 heterocycles. The number of hydrogen-bond donors (Lipinski definition) is 1. The number of benzene rings is 1. The molecule has 0 fully saturated rings. The number of fused-ring (bicyclic) bond motifs is 1. The van der Waals surface area contributed by atoms with Crippen molar-refractivity contribution in [3.63, 3.8) is 0 Å². The minimum Gasteiger partial charge on any atom is -0.304 e. The van der Waals surface area contributed by atoms with Gasteiger partial charge in [0.2, 0.25) is 0 Å². The third-order valence-electron chi connectivity index (χ3n) is 3.48. The second kappa shape index (κ2) is 4.92. The van der Waals surface area contributed by atoms with Crippen molar-refractivity contribution in [3.05, 3.63) is 69.3 Å². The van der Waals surface area contributed by atoms with E-state index in [1.165, 1.54) is 0 Å². The largest absolute Gasteiger partial charge is 0.304 e. The second-order valence-corrected chi connectivity index (χ2v) is 5.31. The fourth-order valence-electron chi connectivity index (χ4n) is 2.25. The van der Waals surface area contributed by atoms with Crippen LogP contribution in [0.1, 0.15) is 11.4 Å². The number of H-pyrrole nitrogens is 1. The van der Waals surface area contributed by atoms with Gasteiger partial charge >= 0.3 is 0 Å². The highest BCUT2D eigenvalue weighted by atomic mass is 35.5. The molecule has 6 nitrogen and oxygen atoms in total. The number of nitrogens with one attached hydrogen (secondary N) is 1. The van der Waals surface area contributed by atoms with E-state index in [1.807, 2.05) is 42.5 Å². The topological polar surface area (TPSA) is 76.5 Å². The van der Waals surface area contributed by atoms with Gasteiger partial charge in [-0.05, 0) is 11.6 Å². The predicted molar refractivity (Wildman–Crippen MR) is 83.6 cm³/mol. The molecule has 4 rings (SSSR count). The van der Waals surface area contributed by atoms with Crippen LogP contribution in [0, 0.1) is 0 Å². The Hall–Kier alpha value is -2.73. The van der Waals surface area contributed by atoms with E-state index in [9.17, 15) is 4.79 Å². The third-order valence-corrected chi connectivity index (χ3v) is 3.85. The van der Waals surface area contributed by atoms with Gasteiger partial charge in [-0.3, -0.25) is 4.79 Å². The lowest BCUT2D eigenvalue weighted by Gasteiger charge is -2.07. The molecule has 0 unspecified atom stereocenters. The van der Waals surface area contributed by atoms with Gasteiger partial charge in [-0.15, -0.1) is 5.10 Å². The van der Waals surface area contributed by atoms with Gasteiger partial charge in [0.05, 0.1) is 6.54 Å². The lowest BCUT2D eigenvalue weighted by atomic mass is 10.1. The number of halogens is 1. The van der Waals surface area contributed by atoms with Crippen molar-refractivity contribution in [2.45, 2.75) is 6.54 Å². The van der Waals surface area contributed by atoms with Crippen LogP contribution in [0.3, 0.4) is 0 Å². The Morgan fingerprint density at radius 3 is 2.82 bits per heavy atom. The van der Waals surface area contributed by atoms with E-state index in [-0.39, 0.29) is 11.1 Å². The molecule has 3 aromatic rings. The van der Waals surface area contributed by atoms with Crippen LogP contribution in [0.5, 0.6) is 0 Å². The standard InChI is InChI=1S/C15H10ClN5O/c16-11-7-2-1-4-10(11)8-21-14-12(19-20-21)15(22)18-13(17-14)9-5-3-6-9/h1-7H,8H2,(H,17,18,22). The van der Waals surface area contributed by atoms with Crippen molar-refractivity contribution >= 4 is 28.3 Å². The highest BCUT2D eigenvalue weighted by molar-refractivity contribution is 6.31. The van der Waals surface area contributed by atoms with Crippen molar-refractivity contribution in [2.75, 3.05) is 0 Å². The van der Waals surface area contributed by atoms with Crippen molar-refractivity contribution in [1.29, 1.82) is 0 Å². The molecule has 2 aromatic heterocycles. The van der Waals surface area contributed by atoms with Crippen LogP contribution in [0.2, 0.25) is 5.02 Å². The fourth-order valence-corrected chi connectivity index (χ4v) is 2.44. The zero-order chi connectivity index (χ0) is 15.1. The minimum atomic E-state index is -0.299. The molecular formula is C15H10ClN5O. The number of aromatic amines is 1. The molecule has 0 saturated heterocycles. The molecule has 108 valence electrons. The maximum Gasteiger partial charge on any atom is 0.281 e. The number of allylic oxidation sites excluding steroid dienone is 4. The minimum absolute atomic E-state index is 0.222. The summed E-state index contributed by atoms with van der Waals surface area (Å²) in [6.45, 7) is 0.404. The molecule has 0 saturated carbocycles. The van der Waals surface area contributed by atoms with Gasteiger partial charge < -0.3 is 4.98 Å². The van der Waals surface area contributed by atoms with E-state index >= 15 is 0 Å². The molecular weight excluding hydrogens is 302 g/mol. The summed E-state index contributed by atoms with van der Waals surface area (Å²) in [6, 6.07) is 7.48. The van der Waals surface area contributed by atoms with Gasteiger partial charge in [0.25, 0.3) is 5.56 Å². The molecule has 0 amide bonds. The predicted octanol–water partition coefficient (Wildman–Crippen LogP) is 2.17. The molecule has 0 aliphatic heterocycles. The SMILES string of the molecule is O=c1[nH]c(C2=CC=C2)nc2c1nnn2Cc1ccccc1Cl. The van der Waals surface area contributed by atoms with Crippen LogP contribution in [-0.4, -0.2) is 25.0 Å². The zero-order valence-electron chi connectivity index (χ0n) is 11.3. The Kier molecular flexibility index (Phi) is 2.90. The quantitative estimate of drug-likeness (QED) is 0.804. The van der Waals surface area contributed by atoms with E-state index < -0.39 is 0 Å². The summed E-state index contributed by atoms with van der Waals surface area (Å²) in [5, 5.41) is 8.58. The van der Waals surface area contributed by atoms with Crippen LogP contribution in [0.25, 0.3) is 16.7 Å². The van der Waals surface area contributed by atoms with E-state index in [4.69, 9.17) is 11.6 Å². The highest BCUT2D eigenvalue weighted by Gasteiger charge is 2.15. The maximum absolute atomic E-state index is 12.1. The van der Waals surface area contributed by atoms with Crippen molar-refractivity contribution < 1.29 is 0 Å². The molecule has 0 spiro atoms. The molecule has 0 radical (unpaired) electrons.